The van der Waals surface area contributed by atoms with Gasteiger partial charge in [0.25, 0.3) is 0 Å². The number of rotatable bonds is 5. The van der Waals surface area contributed by atoms with Gasteiger partial charge < -0.3 is 15.5 Å². The number of hydrogen-bond donors (Lipinski definition) is 2. The van der Waals surface area contributed by atoms with E-state index in [1.165, 1.54) is 0 Å². The van der Waals surface area contributed by atoms with E-state index in [9.17, 15) is 9.59 Å². The van der Waals surface area contributed by atoms with Gasteiger partial charge >= 0.3 is 6.03 Å². The second kappa shape index (κ2) is 8.91. The van der Waals surface area contributed by atoms with E-state index in [1.54, 1.807) is 4.90 Å². The van der Waals surface area contributed by atoms with E-state index in [1.807, 2.05) is 61.5 Å². The first-order chi connectivity index (χ1) is 13.5. The largest absolute Gasteiger partial charge is 0.352 e. The molecule has 2 N–H and O–H groups in total. The highest BCUT2D eigenvalue weighted by Crippen LogP contribution is 2.31. The third-order valence-electron chi connectivity index (χ3n) is 5.64. The van der Waals surface area contributed by atoms with Crippen LogP contribution >= 0.6 is 0 Å². The quantitative estimate of drug-likeness (QED) is 0.818. The van der Waals surface area contributed by atoms with Crippen molar-refractivity contribution in [1.82, 2.24) is 10.2 Å². The van der Waals surface area contributed by atoms with Crippen molar-refractivity contribution in [3.63, 3.8) is 0 Å². The Kier molecular flexibility index (Phi) is 6.34. The molecule has 0 radical (unpaired) electrons. The Hall–Kier alpha value is -2.82. The zero-order valence-corrected chi connectivity index (χ0v) is 16.7. The predicted octanol–water partition coefficient (Wildman–Crippen LogP) is 4.20. The first-order valence-electron chi connectivity index (χ1n) is 9.98. The fraction of sp³-hybridized carbons (Fsp3) is 0.391. The molecule has 1 aliphatic heterocycles. The number of para-hydroxylation sites is 1. The van der Waals surface area contributed by atoms with Gasteiger partial charge in [-0.25, -0.2) is 4.79 Å². The number of carbonyl (C=O) groups excluding carboxylic acids is 2. The molecular weight excluding hydrogens is 350 g/mol. The van der Waals surface area contributed by atoms with Crippen LogP contribution in [0.5, 0.6) is 0 Å². The molecule has 148 valence electrons. The molecule has 1 aliphatic rings. The van der Waals surface area contributed by atoms with Gasteiger partial charge in [0, 0.05) is 30.7 Å². The summed E-state index contributed by atoms with van der Waals surface area (Å²) in [6.45, 7) is 5.76. The molecule has 3 amide bonds. The zero-order valence-electron chi connectivity index (χ0n) is 16.7. The molecule has 0 saturated carbocycles. The Morgan fingerprint density at radius 3 is 2.32 bits per heavy atom. The van der Waals surface area contributed by atoms with Gasteiger partial charge in [-0.05, 0) is 36.5 Å². The monoisotopic (exact) mass is 379 g/mol. The van der Waals surface area contributed by atoms with E-state index in [0.29, 0.717) is 32.5 Å². The number of hydrogen-bond acceptors (Lipinski definition) is 2. The normalized spacial score (nSPS) is 15.7. The van der Waals surface area contributed by atoms with E-state index in [0.717, 1.165) is 23.2 Å². The lowest BCUT2D eigenvalue weighted by atomic mass is 9.79. The summed E-state index contributed by atoms with van der Waals surface area (Å²) in [6.07, 6.45) is 2.20. The third kappa shape index (κ3) is 4.71. The summed E-state index contributed by atoms with van der Waals surface area (Å²) in [4.78, 5) is 27.2. The van der Waals surface area contributed by atoms with Crippen LogP contribution in [0.4, 0.5) is 10.5 Å². The number of piperidine rings is 1. The number of aryl methyl sites for hydroxylation is 1. The minimum atomic E-state index is -0.438. The number of likely N-dealkylation sites (tertiary alicyclic amines) is 1. The van der Waals surface area contributed by atoms with Gasteiger partial charge in [0.15, 0.2) is 0 Å². The van der Waals surface area contributed by atoms with Crippen molar-refractivity contribution in [3.05, 3.63) is 65.7 Å². The van der Waals surface area contributed by atoms with Crippen LogP contribution in [0.1, 0.15) is 37.8 Å². The summed E-state index contributed by atoms with van der Waals surface area (Å²) >= 11 is 0. The molecule has 1 saturated heterocycles. The highest BCUT2D eigenvalue weighted by Gasteiger charge is 2.38. The lowest BCUT2D eigenvalue weighted by Gasteiger charge is -2.38. The maximum absolute atomic E-state index is 12.7. The second-order valence-corrected chi connectivity index (χ2v) is 7.66. The molecular formula is C23H29N3O2. The zero-order chi connectivity index (χ0) is 20.0. The van der Waals surface area contributed by atoms with E-state index in [-0.39, 0.29) is 11.9 Å². The highest BCUT2D eigenvalue weighted by atomic mass is 16.2. The van der Waals surface area contributed by atoms with Crippen LogP contribution < -0.4 is 10.6 Å². The van der Waals surface area contributed by atoms with Gasteiger partial charge in [-0.2, -0.15) is 0 Å². The van der Waals surface area contributed by atoms with Crippen molar-refractivity contribution in [1.29, 1.82) is 0 Å². The van der Waals surface area contributed by atoms with E-state index in [4.69, 9.17) is 0 Å². The Morgan fingerprint density at radius 1 is 1.00 bits per heavy atom. The maximum atomic E-state index is 12.7. The number of nitrogens with zero attached hydrogens (tertiary/aromatic N) is 1. The van der Waals surface area contributed by atoms with Crippen LogP contribution in [0, 0.1) is 5.41 Å². The standard InChI is InChI=1S/C23H29N3O2/c1-3-19-11-7-8-12-20(19)25-22(28)26-15-13-23(2,14-16-26)21(27)24-17-18-9-5-4-6-10-18/h4-12H,3,13-17H2,1-2H3,(H,24,27)(H,25,28). The maximum Gasteiger partial charge on any atom is 0.321 e. The molecule has 0 aliphatic carbocycles. The molecule has 0 bridgehead atoms. The van der Waals surface area contributed by atoms with Crippen molar-refractivity contribution in [2.45, 2.75) is 39.7 Å². The van der Waals surface area contributed by atoms with E-state index in [2.05, 4.69) is 17.6 Å². The molecule has 0 aromatic heterocycles. The van der Waals surface area contributed by atoms with Crippen molar-refractivity contribution < 1.29 is 9.59 Å². The number of anilines is 1. The molecule has 5 nitrogen and oxygen atoms in total. The number of benzene rings is 2. The van der Waals surface area contributed by atoms with Gasteiger partial charge in [0.2, 0.25) is 5.91 Å². The molecule has 5 heteroatoms. The Bertz CT molecular complexity index is 812. The van der Waals surface area contributed by atoms with Gasteiger partial charge in [0.1, 0.15) is 0 Å². The minimum absolute atomic E-state index is 0.0627. The summed E-state index contributed by atoms with van der Waals surface area (Å²) in [6, 6.07) is 17.7. The van der Waals surface area contributed by atoms with Crippen LogP contribution in [-0.2, 0) is 17.8 Å². The average molecular weight is 380 g/mol. The van der Waals surface area contributed by atoms with E-state index >= 15 is 0 Å². The number of amides is 3. The van der Waals surface area contributed by atoms with Crippen LogP contribution in [0.2, 0.25) is 0 Å². The third-order valence-corrected chi connectivity index (χ3v) is 5.64. The summed E-state index contributed by atoms with van der Waals surface area (Å²) < 4.78 is 0. The first-order valence-corrected chi connectivity index (χ1v) is 9.98. The minimum Gasteiger partial charge on any atom is -0.352 e. The SMILES string of the molecule is CCc1ccccc1NC(=O)N1CCC(C)(C(=O)NCc2ccccc2)CC1. The fourth-order valence-electron chi connectivity index (χ4n) is 3.57. The molecule has 0 unspecified atom stereocenters. The van der Waals surface area contributed by atoms with Crippen LogP contribution in [0.25, 0.3) is 0 Å². The number of carbonyl (C=O) groups is 2. The number of nitrogens with one attached hydrogen (secondary N) is 2. The van der Waals surface area contributed by atoms with Crippen molar-refractivity contribution in [3.8, 4) is 0 Å². The van der Waals surface area contributed by atoms with Crippen molar-refractivity contribution in [2.75, 3.05) is 18.4 Å². The predicted molar refractivity (Wildman–Crippen MR) is 112 cm³/mol. The first kappa shape index (κ1) is 19.9. The molecule has 3 rings (SSSR count). The average Bonchev–Trinajstić information content (AvgIpc) is 2.73. The fourth-order valence-corrected chi connectivity index (χ4v) is 3.57. The van der Waals surface area contributed by atoms with Gasteiger partial charge in [-0.15, -0.1) is 0 Å². The molecule has 1 heterocycles. The molecule has 2 aromatic rings. The lowest BCUT2D eigenvalue weighted by molar-refractivity contribution is -0.132. The molecule has 0 atom stereocenters. The summed E-state index contributed by atoms with van der Waals surface area (Å²) in [7, 11) is 0. The Balaban J connectivity index is 1.52. The van der Waals surface area contributed by atoms with E-state index < -0.39 is 5.41 Å². The van der Waals surface area contributed by atoms with Crippen molar-refractivity contribution >= 4 is 17.6 Å². The molecule has 1 fully saturated rings. The van der Waals surface area contributed by atoms with Crippen LogP contribution in [0.3, 0.4) is 0 Å². The topological polar surface area (TPSA) is 61.4 Å². The molecule has 2 aromatic carbocycles. The smallest absolute Gasteiger partial charge is 0.321 e. The summed E-state index contributed by atoms with van der Waals surface area (Å²) in [5, 5.41) is 6.07. The number of urea groups is 1. The highest BCUT2D eigenvalue weighted by molar-refractivity contribution is 5.90. The molecule has 28 heavy (non-hydrogen) atoms. The molecule has 0 spiro atoms. The van der Waals surface area contributed by atoms with Gasteiger partial charge in [-0.1, -0.05) is 62.4 Å². The lowest BCUT2D eigenvalue weighted by Crippen LogP contribution is -2.49. The van der Waals surface area contributed by atoms with Crippen LogP contribution in [0.15, 0.2) is 54.6 Å². The Labute approximate surface area is 167 Å². The van der Waals surface area contributed by atoms with Crippen molar-refractivity contribution in [2.24, 2.45) is 5.41 Å². The second-order valence-electron chi connectivity index (χ2n) is 7.66. The summed E-state index contributed by atoms with van der Waals surface area (Å²) in [5.74, 6) is 0.0627. The van der Waals surface area contributed by atoms with Gasteiger partial charge in [-0.3, -0.25) is 4.79 Å². The Morgan fingerprint density at radius 2 is 1.64 bits per heavy atom. The van der Waals surface area contributed by atoms with Gasteiger partial charge in [0.05, 0.1) is 0 Å². The summed E-state index contributed by atoms with van der Waals surface area (Å²) in [5.41, 5.74) is 2.64. The van der Waals surface area contributed by atoms with Crippen LogP contribution in [-0.4, -0.2) is 29.9 Å².